The van der Waals surface area contributed by atoms with Crippen LogP contribution < -0.4 is 0 Å². The van der Waals surface area contributed by atoms with Crippen LogP contribution in [0.2, 0.25) is 0 Å². The van der Waals surface area contributed by atoms with Gasteiger partial charge in [0.1, 0.15) is 11.5 Å². The summed E-state index contributed by atoms with van der Waals surface area (Å²) in [6.07, 6.45) is 1.71. The molecule has 0 bridgehead atoms. The third kappa shape index (κ3) is 3.54. The fraction of sp³-hybridized carbons (Fsp3) is 0.0400. The molecule has 0 aliphatic heterocycles. The van der Waals surface area contributed by atoms with Crippen LogP contribution in [0.5, 0.6) is 0 Å². The molecule has 0 fully saturated rings. The number of nitriles is 1. The molecule has 1 N–H and O–H groups in total. The molecule has 1 heterocycles. The van der Waals surface area contributed by atoms with Crippen molar-refractivity contribution in [2.45, 2.75) is 6.92 Å². The van der Waals surface area contributed by atoms with Crippen LogP contribution in [-0.2, 0) is 0 Å². The predicted octanol–water partition coefficient (Wildman–Crippen LogP) is 6.17. The Balaban J connectivity index is 1.76. The predicted molar refractivity (Wildman–Crippen MR) is 113 cm³/mol. The quantitative estimate of drug-likeness (QED) is 0.430. The molecule has 1 aromatic heterocycles. The van der Waals surface area contributed by atoms with E-state index in [9.17, 15) is 15.2 Å². The lowest BCUT2D eigenvalue weighted by molar-refractivity contribution is 0.0697. The number of hydrogen-bond donors (Lipinski definition) is 1. The first-order chi connectivity index (χ1) is 14.1. The van der Waals surface area contributed by atoms with Crippen molar-refractivity contribution in [2.24, 2.45) is 0 Å². The lowest BCUT2D eigenvalue weighted by atomic mass is 9.98. The zero-order chi connectivity index (χ0) is 20.4. The number of rotatable bonds is 4. The molecule has 0 amide bonds. The second-order valence-corrected chi connectivity index (χ2v) is 6.73. The van der Waals surface area contributed by atoms with Crippen molar-refractivity contribution in [1.29, 1.82) is 5.26 Å². The van der Waals surface area contributed by atoms with E-state index in [0.29, 0.717) is 22.7 Å². The minimum absolute atomic E-state index is 0.201. The molecule has 0 radical (unpaired) electrons. The first-order valence-corrected chi connectivity index (χ1v) is 9.11. The Kier molecular flexibility index (Phi) is 4.72. The van der Waals surface area contributed by atoms with Gasteiger partial charge in [-0.05, 0) is 53.6 Å². The molecule has 4 aromatic rings. The topological polar surface area (TPSA) is 74.2 Å². The van der Waals surface area contributed by atoms with Crippen LogP contribution in [0.3, 0.4) is 0 Å². The highest BCUT2D eigenvalue weighted by Gasteiger charge is 2.12. The molecule has 3 aromatic carbocycles. The SMILES string of the molecule is Cc1ccc(C(=O)O)cc1-c1ccc(/C=C(\C#N)c2cccc3ccccc23)o1. The van der Waals surface area contributed by atoms with Crippen LogP contribution in [0.4, 0.5) is 0 Å². The smallest absolute Gasteiger partial charge is 0.335 e. The minimum Gasteiger partial charge on any atom is -0.478 e. The summed E-state index contributed by atoms with van der Waals surface area (Å²) in [5.41, 5.74) is 3.17. The monoisotopic (exact) mass is 379 g/mol. The normalized spacial score (nSPS) is 11.4. The van der Waals surface area contributed by atoms with E-state index in [4.69, 9.17) is 4.42 Å². The number of nitrogens with zero attached hydrogens (tertiary/aromatic N) is 1. The van der Waals surface area contributed by atoms with Gasteiger partial charge in [0.25, 0.3) is 0 Å². The number of fused-ring (bicyclic) bond motifs is 1. The standard InChI is InChI=1S/C25H17NO3/c1-16-9-10-18(25(27)28)14-23(16)24-12-11-20(29-24)13-19(15-26)22-8-4-6-17-5-2-3-7-21(17)22/h2-14H,1H3,(H,27,28)/b19-13+. The zero-order valence-electron chi connectivity index (χ0n) is 15.7. The van der Waals surface area contributed by atoms with E-state index < -0.39 is 5.97 Å². The van der Waals surface area contributed by atoms with Crippen molar-refractivity contribution in [1.82, 2.24) is 0 Å². The Morgan fingerprint density at radius 1 is 1.03 bits per heavy atom. The molecule has 29 heavy (non-hydrogen) atoms. The van der Waals surface area contributed by atoms with Crippen LogP contribution in [0.15, 0.2) is 77.2 Å². The van der Waals surface area contributed by atoms with Crippen LogP contribution in [0, 0.1) is 18.3 Å². The van der Waals surface area contributed by atoms with Crippen molar-refractivity contribution in [3.63, 3.8) is 0 Å². The molecule has 0 unspecified atom stereocenters. The van der Waals surface area contributed by atoms with Gasteiger partial charge >= 0.3 is 5.97 Å². The van der Waals surface area contributed by atoms with E-state index in [1.807, 2.05) is 49.4 Å². The lowest BCUT2D eigenvalue weighted by Crippen LogP contribution is -1.96. The van der Waals surface area contributed by atoms with Gasteiger partial charge < -0.3 is 9.52 Å². The summed E-state index contributed by atoms with van der Waals surface area (Å²) in [4.78, 5) is 11.3. The third-order valence-corrected chi connectivity index (χ3v) is 4.86. The van der Waals surface area contributed by atoms with Crippen LogP contribution in [0.1, 0.15) is 27.2 Å². The molecular formula is C25H17NO3. The molecule has 0 saturated heterocycles. The van der Waals surface area contributed by atoms with Gasteiger partial charge in [-0.1, -0.05) is 48.5 Å². The van der Waals surface area contributed by atoms with Crippen LogP contribution in [0.25, 0.3) is 33.7 Å². The van der Waals surface area contributed by atoms with Gasteiger partial charge in [0.2, 0.25) is 0 Å². The van der Waals surface area contributed by atoms with Crippen LogP contribution in [-0.4, -0.2) is 11.1 Å². The van der Waals surface area contributed by atoms with Crippen molar-refractivity contribution >= 4 is 28.4 Å². The number of carbonyl (C=O) groups is 1. The Labute approximate surface area is 168 Å². The maximum Gasteiger partial charge on any atom is 0.335 e. The number of allylic oxidation sites excluding steroid dienone is 1. The molecule has 4 heteroatoms. The average molecular weight is 379 g/mol. The maximum absolute atomic E-state index is 11.3. The first kappa shape index (κ1) is 18.3. The fourth-order valence-corrected chi connectivity index (χ4v) is 3.37. The summed E-state index contributed by atoms with van der Waals surface area (Å²) >= 11 is 0. The maximum atomic E-state index is 11.3. The molecule has 0 saturated carbocycles. The Morgan fingerprint density at radius 2 is 1.83 bits per heavy atom. The highest BCUT2D eigenvalue weighted by Crippen LogP contribution is 2.30. The molecular weight excluding hydrogens is 362 g/mol. The highest BCUT2D eigenvalue weighted by atomic mass is 16.4. The van der Waals surface area contributed by atoms with Crippen molar-refractivity contribution in [3.05, 3.63) is 95.2 Å². The van der Waals surface area contributed by atoms with Gasteiger partial charge in [-0.25, -0.2) is 4.79 Å². The minimum atomic E-state index is -0.986. The molecule has 0 aliphatic rings. The summed E-state index contributed by atoms with van der Waals surface area (Å²) in [5.74, 6) is 0.109. The lowest BCUT2D eigenvalue weighted by Gasteiger charge is -2.05. The van der Waals surface area contributed by atoms with E-state index in [1.165, 1.54) is 0 Å². The van der Waals surface area contributed by atoms with Crippen LogP contribution >= 0.6 is 0 Å². The second kappa shape index (κ2) is 7.49. The molecule has 4 rings (SSSR count). The van der Waals surface area contributed by atoms with Gasteiger partial charge in [-0.15, -0.1) is 0 Å². The van der Waals surface area contributed by atoms with Gasteiger partial charge in [0, 0.05) is 11.1 Å². The molecule has 4 nitrogen and oxygen atoms in total. The van der Waals surface area contributed by atoms with E-state index in [1.54, 1.807) is 36.4 Å². The van der Waals surface area contributed by atoms with E-state index in [2.05, 4.69) is 6.07 Å². The Hall–Kier alpha value is -4.10. The molecule has 0 atom stereocenters. The Bertz CT molecular complexity index is 1300. The van der Waals surface area contributed by atoms with Crippen molar-refractivity contribution in [3.8, 4) is 17.4 Å². The molecule has 140 valence electrons. The second-order valence-electron chi connectivity index (χ2n) is 6.73. The zero-order valence-corrected chi connectivity index (χ0v) is 15.7. The van der Waals surface area contributed by atoms with Gasteiger partial charge in [-0.2, -0.15) is 5.26 Å². The number of carboxylic acids is 1. The number of aryl methyl sites for hydroxylation is 1. The third-order valence-electron chi connectivity index (χ3n) is 4.86. The van der Waals surface area contributed by atoms with Crippen molar-refractivity contribution in [2.75, 3.05) is 0 Å². The van der Waals surface area contributed by atoms with Gasteiger partial charge in [0.15, 0.2) is 0 Å². The Morgan fingerprint density at radius 3 is 2.62 bits per heavy atom. The number of aromatic carboxylic acids is 1. The summed E-state index contributed by atoms with van der Waals surface area (Å²) in [7, 11) is 0. The molecule has 0 spiro atoms. The highest BCUT2D eigenvalue weighted by molar-refractivity contribution is 6.01. The number of carboxylic acid groups (broad SMARTS) is 1. The first-order valence-electron chi connectivity index (χ1n) is 9.11. The number of benzene rings is 3. The summed E-state index contributed by atoms with van der Waals surface area (Å²) < 4.78 is 5.93. The number of furan rings is 1. The van der Waals surface area contributed by atoms with Gasteiger partial charge in [0.05, 0.1) is 17.2 Å². The largest absolute Gasteiger partial charge is 0.478 e. The number of hydrogen-bond acceptors (Lipinski definition) is 3. The van der Waals surface area contributed by atoms with E-state index >= 15 is 0 Å². The molecule has 0 aliphatic carbocycles. The van der Waals surface area contributed by atoms with Gasteiger partial charge in [-0.3, -0.25) is 0 Å². The van der Waals surface area contributed by atoms with E-state index in [0.717, 1.165) is 21.9 Å². The summed E-state index contributed by atoms with van der Waals surface area (Å²) in [5, 5.41) is 21.0. The fourth-order valence-electron chi connectivity index (χ4n) is 3.37. The summed E-state index contributed by atoms with van der Waals surface area (Å²) in [6.45, 7) is 1.90. The van der Waals surface area contributed by atoms with E-state index in [-0.39, 0.29) is 5.56 Å². The van der Waals surface area contributed by atoms with Crippen molar-refractivity contribution < 1.29 is 14.3 Å². The summed E-state index contributed by atoms with van der Waals surface area (Å²) in [6, 6.07) is 24.5. The average Bonchev–Trinajstić information content (AvgIpc) is 3.20.